The first-order valence-corrected chi connectivity index (χ1v) is 31.8. The summed E-state index contributed by atoms with van der Waals surface area (Å²) < 4.78 is 99.8. The van der Waals surface area contributed by atoms with Crippen molar-refractivity contribution in [3.8, 4) is 0 Å². The van der Waals surface area contributed by atoms with E-state index in [1.54, 1.807) is 80.5 Å². The molecule has 4 aliphatic rings. The van der Waals surface area contributed by atoms with Gasteiger partial charge in [-0.1, -0.05) is 71.8 Å². The summed E-state index contributed by atoms with van der Waals surface area (Å²) in [4.78, 5) is 67.6. The summed E-state index contributed by atoms with van der Waals surface area (Å²) in [5, 5.41) is 29.7. The second-order valence-electron chi connectivity index (χ2n) is 25.8. The lowest BCUT2D eigenvalue weighted by atomic mass is 9.74. The predicted octanol–water partition coefficient (Wildman–Crippen LogP) is 5.76. The molecular formula is C61H102N4O20S. The molecule has 492 valence electrons. The van der Waals surface area contributed by atoms with Crippen LogP contribution in [0, 0.1) is 41.4 Å². The Morgan fingerprint density at radius 3 is 2.10 bits per heavy atom. The van der Waals surface area contributed by atoms with Crippen LogP contribution >= 0.6 is 0 Å². The molecule has 5 rings (SSSR count). The maximum Gasteiger partial charge on any atom is 0.408 e. The first kappa shape index (κ1) is 72.8. The first-order valence-electron chi connectivity index (χ1n) is 30.3. The number of ether oxygens (including phenoxy) is 11. The van der Waals surface area contributed by atoms with Gasteiger partial charge in [-0.25, -0.2) is 17.9 Å². The minimum Gasteiger partial charge on any atom is -0.461 e. The number of nitrogens with zero attached hydrogens (tertiary/aromatic N) is 2. The highest BCUT2D eigenvalue weighted by Crippen LogP contribution is 2.41. The highest BCUT2D eigenvalue weighted by molar-refractivity contribution is 7.89. The summed E-state index contributed by atoms with van der Waals surface area (Å²) in [6.07, 6.45) is -14.7. The molecule has 0 bridgehead atoms. The van der Waals surface area contributed by atoms with Crippen molar-refractivity contribution < 1.29 is 94.8 Å². The van der Waals surface area contributed by atoms with E-state index in [-0.39, 0.29) is 61.1 Å². The lowest BCUT2D eigenvalue weighted by Crippen LogP contribution is -2.59. The molecule has 1 unspecified atom stereocenters. The zero-order valence-corrected chi connectivity index (χ0v) is 54.9. The lowest BCUT2D eigenvalue weighted by Gasteiger charge is -2.45. The number of hydrogen-bond acceptors (Lipinski definition) is 22. The molecule has 24 nitrogen and oxygen atoms in total. The van der Waals surface area contributed by atoms with Gasteiger partial charge in [0.1, 0.15) is 43.7 Å². The number of hydrogen-bond donors (Lipinski definition) is 4. The molecule has 1 amide bonds. The number of likely N-dealkylation sites (N-methyl/N-ethyl adjacent to an activating group) is 1. The Balaban J connectivity index is 1.71. The van der Waals surface area contributed by atoms with Crippen LogP contribution in [-0.2, 0) is 81.3 Å². The fourth-order valence-corrected chi connectivity index (χ4v) is 13.5. The van der Waals surface area contributed by atoms with Crippen molar-refractivity contribution in [2.45, 2.75) is 238 Å². The number of alkyl carbamates (subject to hydrolysis) is 1. The quantitative estimate of drug-likeness (QED) is 0.0685. The van der Waals surface area contributed by atoms with Crippen LogP contribution in [0.3, 0.4) is 0 Å². The van der Waals surface area contributed by atoms with Gasteiger partial charge in [-0.3, -0.25) is 14.4 Å². The Bertz CT molecular complexity index is 2490. The molecule has 25 heteroatoms. The maximum absolute atomic E-state index is 16.0. The zero-order valence-electron chi connectivity index (χ0n) is 54.1. The van der Waals surface area contributed by atoms with Crippen molar-refractivity contribution in [1.82, 2.24) is 14.9 Å². The summed E-state index contributed by atoms with van der Waals surface area (Å²) in [6.45, 7) is 26.2. The number of aliphatic hydroxyl groups excluding tert-OH is 2. The van der Waals surface area contributed by atoms with Crippen molar-refractivity contribution in [3.05, 3.63) is 30.3 Å². The smallest absolute Gasteiger partial charge is 0.408 e. The number of rotatable bonds is 20. The van der Waals surface area contributed by atoms with Crippen LogP contribution in [-0.4, -0.2) is 204 Å². The van der Waals surface area contributed by atoms with Crippen molar-refractivity contribution >= 4 is 39.6 Å². The number of ketones is 1. The van der Waals surface area contributed by atoms with Crippen LogP contribution in [0.1, 0.15) is 130 Å². The van der Waals surface area contributed by atoms with E-state index in [2.05, 4.69) is 20.1 Å². The number of benzene rings is 1. The van der Waals surface area contributed by atoms with E-state index in [1.807, 2.05) is 41.7 Å². The fourth-order valence-electron chi connectivity index (χ4n) is 12.3. The number of oxime groups is 1. The summed E-state index contributed by atoms with van der Waals surface area (Å²) in [5.41, 5.74) is -3.19. The molecule has 86 heavy (non-hydrogen) atoms. The Morgan fingerprint density at radius 1 is 0.837 bits per heavy atom. The molecule has 0 aromatic heterocycles. The van der Waals surface area contributed by atoms with Crippen LogP contribution < -0.4 is 10.0 Å². The molecular weight excluding hydrogens is 1140 g/mol. The van der Waals surface area contributed by atoms with Crippen molar-refractivity contribution in [2.24, 2.45) is 46.6 Å². The van der Waals surface area contributed by atoms with E-state index >= 15 is 9.59 Å². The average molecular weight is 1240 g/mol. The number of carbonyl (C=O) groups is 4. The third-order valence-corrected chi connectivity index (χ3v) is 18.5. The van der Waals surface area contributed by atoms with E-state index in [9.17, 15) is 28.2 Å². The van der Waals surface area contributed by atoms with E-state index in [0.717, 1.165) is 0 Å². The highest BCUT2D eigenvalue weighted by Gasteiger charge is 2.53. The molecule has 4 saturated heterocycles. The predicted molar refractivity (Wildman–Crippen MR) is 316 cm³/mol. The van der Waals surface area contributed by atoms with Gasteiger partial charge >= 0.3 is 18.0 Å². The summed E-state index contributed by atoms with van der Waals surface area (Å²) in [7, 11) is 2.20. The first-order chi connectivity index (χ1) is 40.2. The van der Waals surface area contributed by atoms with Gasteiger partial charge in [0.05, 0.1) is 65.1 Å². The van der Waals surface area contributed by atoms with Gasteiger partial charge in [0.2, 0.25) is 10.0 Å². The number of methoxy groups -OCH3 is 2. The molecule has 0 saturated carbocycles. The van der Waals surface area contributed by atoms with Gasteiger partial charge in [0, 0.05) is 70.4 Å². The molecule has 0 radical (unpaired) electrons. The molecule has 1 aromatic rings. The maximum atomic E-state index is 16.0. The second-order valence-corrected chi connectivity index (χ2v) is 27.6. The van der Waals surface area contributed by atoms with Gasteiger partial charge in [-0.15, -0.1) is 0 Å². The molecule has 0 aliphatic carbocycles. The van der Waals surface area contributed by atoms with E-state index in [4.69, 9.17) is 56.9 Å². The van der Waals surface area contributed by atoms with Crippen molar-refractivity contribution in [2.75, 3.05) is 48.1 Å². The molecule has 4 heterocycles. The second kappa shape index (κ2) is 31.7. The number of esters is 2. The number of aliphatic hydroxyl groups is 2. The molecule has 4 N–H and O–H groups in total. The number of cyclic esters (lactones) is 1. The standard InChI is InChI=1S/C61H102N4O20S/c1-32(2)25-45(66)81-51-39(9)50(34(4)30-77-58-54(75-18)53(74-17)47(67)42(12)80-58)83-56(70)41(11)52(82-46-26-35(5)65(16)29-37(7)78-46)38(8)49(84-57-48(68)44(64-76-19)27-36(6)79-57)33(3)28-61(15,55(69)40(51)10)85-59(71)63-60(13,14)31-62-86(72,73)43-23-21-20-22-24-43/h20-24,32-42,46-54,57-58,62,67-68H,25-31H2,1-19H3,(H,63,71)/t33-,34-,35+,36+,37?,38+,39-,40+,41+,42+,46-,47+,48+,49-,50+,51+,52-,53+,54+,57-,58+,61-/m0/s1. The number of sulfonamides is 1. The van der Waals surface area contributed by atoms with Gasteiger partial charge < -0.3 is 77.4 Å². The molecule has 0 spiro atoms. The Labute approximate surface area is 510 Å². The van der Waals surface area contributed by atoms with Crippen LogP contribution in [0.15, 0.2) is 40.4 Å². The largest absolute Gasteiger partial charge is 0.461 e. The molecule has 1 aromatic carbocycles. The van der Waals surface area contributed by atoms with Crippen LogP contribution in [0.4, 0.5) is 4.79 Å². The van der Waals surface area contributed by atoms with Crippen LogP contribution in [0.5, 0.6) is 0 Å². The SMILES string of the molecule is CON=C1C[C@@H](C)O[C@@H](O[C@@H]2[C@@H](C)[C@H](O[C@H]3C[C@@H](C)N(C)CC(C)O3)[C@@H](C)C(=O)O[C@H]([C@@H](C)CO[C@@H]3O[C@H](C)[C@@H](O)[C@@H](OC)[C@H]3OC)[C@H](C)[C@@H](OC(=O)CC(C)C)[C@@H](C)C(=O)[C@@](C)(OC(=O)NC(C)(C)CNS(=O)(=O)c3ccccc3)C[C@@H]2C)[C@@H]1O. The number of nitrogens with one attached hydrogen (secondary N) is 2. The molecule has 22 atom stereocenters. The summed E-state index contributed by atoms with van der Waals surface area (Å²) in [5.74, 6) is -8.09. The van der Waals surface area contributed by atoms with Crippen LogP contribution in [0.2, 0.25) is 0 Å². The minimum absolute atomic E-state index is 0.0128. The number of Topliss-reactive ketones (excluding diaryl/α,β-unsaturated/α-hetero) is 1. The summed E-state index contributed by atoms with van der Waals surface area (Å²) >= 11 is 0. The Hall–Kier alpha value is -3.96. The van der Waals surface area contributed by atoms with E-state index in [0.29, 0.717) is 13.0 Å². The molecule has 4 aliphatic heterocycles. The Kier molecular flexibility index (Phi) is 26.8. The van der Waals surface area contributed by atoms with Gasteiger partial charge in [-0.05, 0) is 92.8 Å². The molecule has 4 fully saturated rings. The van der Waals surface area contributed by atoms with E-state index < -0.39 is 160 Å². The normalized spacial score (nSPS) is 37.6. The third kappa shape index (κ3) is 19.0. The van der Waals surface area contributed by atoms with Gasteiger partial charge in [0.25, 0.3) is 0 Å². The van der Waals surface area contributed by atoms with Crippen LogP contribution in [0.25, 0.3) is 0 Å². The minimum atomic E-state index is -4.03. The highest BCUT2D eigenvalue weighted by atomic mass is 32.2. The zero-order chi connectivity index (χ0) is 64.3. The van der Waals surface area contributed by atoms with Gasteiger partial charge in [0.15, 0.2) is 30.3 Å². The van der Waals surface area contributed by atoms with Crippen molar-refractivity contribution in [3.63, 3.8) is 0 Å². The monoisotopic (exact) mass is 1240 g/mol. The van der Waals surface area contributed by atoms with E-state index in [1.165, 1.54) is 40.4 Å². The summed E-state index contributed by atoms with van der Waals surface area (Å²) in [6, 6.07) is 7.71. The Morgan fingerprint density at radius 2 is 1.49 bits per heavy atom. The fraction of sp³-hybridized carbons (Fsp3) is 0.820. The average Bonchev–Trinajstić information content (AvgIpc) is 1.77. The topological polar surface area (TPSA) is 293 Å². The number of carbonyl (C=O) groups excluding carboxylic acids is 4. The van der Waals surface area contributed by atoms with Crippen molar-refractivity contribution in [1.29, 1.82) is 0 Å². The number of amides is 1. The third-order valence-electron chi connectivity index (χ3n) is 17.1. The van der Waals surface area contributed by atoms with Gasteiger partial charge in [-0.2, -0.15) is 0 Å². The lowest BCUT2D eigenvalue weighted by molar-refractivity contribution is -0.305.